The molecule has 0 rings (SSSR count). The van der Waals surface area contributed by atoms with Crippen molar-refractivity contribution < 1.29 is 14.7 Å². The molecule has 0 aromatic carbocycles. The van der Waals surface area contributed by atoms with E-state index < -0.39 is 16.8 Å². The lowest BCUT2D eigenvalue weighted by molar-refractivity contribution is -0.160. The minimum Gasteiger partial charge on any atom is -0.480 e. The third-order valence-electron chi connectivity index (χ3n) is 3.24. The van der Waals surface area contributed by atoms with Gasteiger partial charge in [0.1, 0.15) is 5.41 Å². The number of ketones is 1. The molecule has 0 heterocycles. The van der Waals surface area contributed by atoms with Crippen LogP contribution in [0.5, 0.6) is 0 Å². The standard InChI is InChI=1S/C15H28O3/c1-7-8-9-15(13(17)18,10-11(2)3)12(16)14(4,5)6/h11H,7-10H2,1-6H3,(H,17,18). The van der Waals surface area contributed by atoms with E-state index in [1.165, 1.54) is 0 Å². The van der Waals surface area contributed by atoms with E-state index in [1.54, 1.807) is 20.8 Å². The first-order chi connectivity index (χ1) is 8.08. The molecule has 0 aliphatic rings. The van der Waals surface area contributed by atoms with Crippen LogP contribution in [-0.4, -0.2) is 16.9 Å². The molecule has 0 radical (unpaired) electrons. The predicted octanol–water partition coefficient (Wildman–Crippen LogP) is 3.91. The lowest BCUT2D eigenvalue weighted by Gasteiger charge is -2.35. The van der Waals surface area contributed by atoms with Crippen LogP contribution in [0.2, 0.25) is 0 Å². The molecule has 0 spiro atoms. The molecule has 0 aliphatic carbocycles. The third-order valence-corrected chi connectivity index (χ3v) is 3.24. The van der Waals surface area contributed by atoms with Crippen LogP contribution in [0.25, 0.3) is 0 Å². The second kappa shape index (κ2) is 6.35. The van der Waals surface area contributed by atoms with Gasteiger partial charge in [0, 0.05) is 5.41 Å². The molecule has 0 bridgehead atoms. The van der Waals surface area contributed by atoms with Crippen molar-refractivity contribution in [2.75, 3.05) is 0 Å². The van der Waals surface area contributed by atoms with E-state index in [0.29, 0.717) is 12.8 Å². The molecule has 0 aliphatic heterocycles. The Bertz CT molecular complexity index is 299. The molecule has 0 aromatic heterocycles. The van der Waals surface area contributed by atoms with Crippen molar-refractivity contribution in [3.05, 3.63) is 0 Å². The maximum absolute atomic E-state index is 12.6. The highest BCUT2D eigenvalue weighted by Crippen LogP contribution is 2.39. The Morgan fingerprint density at radius 2 is 1.67 bits per heavy atom. The highest BCUT2D eigenvalue weighted by molar-refractivity contribution is 6.05. The van der Waals surface area contributed by atoms with E-state index in [4.69, 9.17) is 0 Å². The number of hydrogen-bond acceptors (Lipinski definition) is 2. The first kappa shape index (κ1) is 17.1. The molecule has 0 saturated heterocycles. The van der Waals surface area contributed by atoms with Crippen molar-refractivity contribution in [1.29, 1.82) is 0 Å². The number of carboxylic acids is 1. The van der Waals surface area contributed by atoms with Crippen molar-refractivity contribution in [1.82, 2.24) is 0 Å². The van der Waals surface area contributed by atoms with Gasteiger partial charge in [0.05, 0.1) is 0 Å². The summed E-state index contributed by atoms with van der Waals surface area (Å²) in [4.78, 5) is 24.3. The van der Waals surface area contributed by atoms with Gasteiger partial charge < -0.3 is 5.11 Å². The highest BCUT2D eigenvalue weighted by atomic mass is 16.4. The van der Waals surface area contributed by atoms with Crippen molar-refractivity contribution in [2.45, 2.75) is 67.2 Å². The topological polar surface area (TPSA) is 54.4 Å². The van der Waals surface area contributed by atoms with E-state index in [0.717, 1.165) is 12.8 Å². The average Bonchev–Trinajstić information content (AvgIpc) is 2.21. The molecular formula is C15H28O3. The Hall–Kier alpha value is -0.860. The van der Waals surface area contributed by atoms with Gasteiger partial charge in [-0.1, -0.05) is 54.4 Å². The summed E-state index contributed by atoms with van der Waals surface area (Å²) in [5.74, 6) is -0.890. The number of aliphatic carboxylic acids is 1. The van der Waals surface area contributed by atoms with Crippen molar-refractivity contribution >= 4 is 11.8 Å². The van der Waals surface area contributed by atoms with Gasteiger partial charge in [0.15, 0.2) is 5.78 Å². The SMILES string of the molecule is CCCCC(CC(C)C)(C(=O)O)C(=O)C(C)(C)C. The minimum absolute atomic E-state index is 0.135. The van der Waals surface area contributed by atoms with Crippen molar-refractivity contribution in [3.8, 4) is 0 Å². The van der Waals surface area contributed by atoms with E-state index in [2.05, 4.69) is 0 Å². The zero-order valence-electron chi connectivity index (χ0n) is 12.7. The van der Waals surface area contributed by atoms with E-state index in [1.807, 2.05) is 20.8 Å². The molecule has 0 amide bonds. The zero-order valence-corrected chi connectivity index (χ0v) is 12.7. The second-order valence-corrected chi connectivity index (χ2v) is 6.67. The molecule has 0 saturated carbocycles. The first-order valence-corrected chi connectivity index (χ1v) is 6.86. The fraction of sp³-hybridized carbons (Fsp3) is 0.867. The van der Waals surface area contributed by atoms with E-state index in [-0.39, 0.29) is 11.7 Å². The van der Waals surface area contributed by atoms with Gasteiger partial charge in [0.2, 0.25) is 0 Å². The quantitative estimate of drug-likeness (QED) is 0.703. The second-order valence-electron chi connectivity index (χ2n) is 6.67. The fourth-order valence-electron chi connectivity index (χ4n) is 2.49. The monoisotopic (exact) mass is 256 g/mol. The number of unbranched alkanes of at least 4 members (excludes halogenated alkanes) is 1. The molecule has 0 fully saturated rings. The summed E-state index contributed by atoms with van der Waals surface area (Å²) >= 11 is 0. The molecule has 3 nitrogen and oxygen atoms in total. The largest absolute Gasteiger partial charge is 0.480 e. The van der Waals surface area contributed by atoms with Crippen LogP contribution in [0.1, 0.15) is 67.2 Å². The molecule has 3 heteroatoms. The van der Waals surface area contributed by atoms with Gasteiger partial charge in [-0.15, -0.1) is 0 Å². The average molecular weight is 256 g/mol. The summed E-state index contributed by atoms with van der Waals surface area (Å²) < 4.78 is 0. The number of carbonyl (C=O) groups is 2. The summed E-state index contributed by atoms with van der Waals surface area (Å²) in [6, 6.07) is 0. The van der Waals surface area contributed by atoms with Gasteiger partial charge >= 0.3 is 5.97 Å². The molecule has 1 unspecified atom stereocenters. The lowest BCUT2D eigenvalue weighted by Crippen LogP contribution is -2.46. The van der Waals surface area contributed by atoms with Crippen molar-refractivity contribution in [3.63, 3.8) is 0 Å². The summed E-state index contributed by atoms with van der Waals surface area (Å²) in [5, 5.41) is 9.61. The normalized spacial score (nSPS) is 15.5. The molecule has 1 atom stereocenters. The highest BCUT2D eigenvalue weighted by Gasteiger charge is 2.49. The number of rotatable bonds is 7. The van der Waals surface area contributed by atoms with Crippen LogP contribution >= 0.6 is 0 Å². The molecule has 106 valence electrons. The van der Waals surface area contributed by atoms with Crippen LogP contribution in [0.4, 0.5) is 0 Å². The van der Waals surface area contributed by atoms with Gasteiger partial charge in [-0.3, -0.25) is 9.59 Å². The summed E-state index contributed by atoms with van der Waals surface area (Å²) in [6.45, 7) is 11.4. The Kier molecular flexibility index (Phi) is 6.05. The Morgan fingerprint density at radius 1 is 1.17 bits per heavy atom. The maximum Gasteiger partial charge on any atom is 0.317 e. The zero-order chi connectivity index (χ0) is 14.6. The van der Waals surface area contributed by atoms with E-state index in [9.17, 15) is 14.7 Å². The first-order valence-electron chi connectivity index (χ1n) is 6.86. The number of carbonyl (C=O) groups excluding carboxylic acids is 1. The lowest BCUT2D eigenvalue weighted by atomic mass is 9.66. The fourth-order valence-corrected chi connectivity index (χ4v) is 2.49. The molecule has 1 N–H and O–H groups in total. The minimum atomic E-state index is -1.21. The van der Waals surface area contributed by atoms with Gasteiger partial charge in [-0.2, -0.15) is 0 Å². The van der Waals surface area contributed by atoms with Crippen LogP contribution in [-0.2, 0) is 9.59 Å². The number of hydrogen-bond donors (Lipinski definition) is 1. The van der Waals surface area contributed by atoms with Gasteiger partial charge in [0.25, 0.3) is 0 Å². The summed E-state index contributed by atoms with van der Waals surface area (Å²) in [5.41, 5.74) is -1.82. The Balaban J connectivity index is 5.45. The predicted molar refractivity (Wildman–Crippen MR) is 73.5 cm³/mol. The smallest absolute Gasteiger partial charge is 0.317 e. The van der Waals surface area contributed by atoms with Crippen LogP contribution in [0.3, 0.4) is 0 Å². The van der Waals surface area contributed by atoms with Gasteiger partial charge in [-0.25, -0.2) is 0 Å². The maximum atomic E-state index is 12.6. The summed E-state index contributed by atoms with van der Waals surface area (Å²) in [7, 11) is 0. The van der Waals surface area contributed by atoms with Crippen molar-refractivity contribution in [2.24, 2.45) is 16.7 Å². The third kappa shape index (κ3) is 4.11. The number of carboxylic acid groups (broad SMARTS) is 1. The summed E-state index contributed by atoms with van der Waals surface area (Å²) in [6.07, 6.45) is 2.57. The van der Waals surface area contributed by atoms with E-state index >= 15 is 0 Å². The number of Topliss-reactive ketones (excluding diaryl/α,β-unsaturated/α-hetero) is 1. The van der Waals surface area contributed by atoms with Crippen LogP contribution in [0.15, 0.2) is 0 Å². The van der Waals surface area contributed by atoms with Crippen LogP contribution < -0.4 is 0 Å². The molecule has 0 aromatic rings. The van der Waals surface area contributed by atoms with Crippen LogP contribution in [0, 0.1) is 16.7 Å². The molecular weight excluding hydrogens is 228 g/mol. The Morgan fingerprint density at radius 3 is 1.94 bits per heavy atom. The molecule has 18 heavy (non-hydrogen) atoms. The van der Waals surface area contributed by atoms with Gasteiger partial charge in [-0.05, 0) is 18.8 Å². The Labute approximate surface area is 111 Å².